The largest absolute Gasteiger partial charge is 0.465 e. The first kappa shape index (κ1) is 10.5. The van der Waals surface area contributed by atoms with Crippen molar-refractivity contribution >= 4 is 5.97 Å². The van der Waals surface area contributed by atoms with E-state index in [2.05, 4.69) is 0 Å². The average Bonchev–Trinajstić information content (AvgIpc) is 2.88. The van der Waals surface area contributed by atoms with Gasteiger partial charge in [-0.05, 0) is 18.8 Å². The van der Waals surface area contributed by atoms with Crippen molar-refractivity contribution in [2.24, 2.45) is 11.7 Å². The zero-order valence-corrected chi connectivity index (χ0v) is 8.29. The molecule has 0 spiro atoms. The SMILES string of the molecule is CCCC(N)C(=O)OCCC1CC1. The minimum atomic E-state index is -0.413. The third-order valence-corrected chi connectivity index (χ3v) is 2.37. The van der Waals surface area contributed by atoms with Gasteiger partial charge in [-0.25, -0.2) is 0 Å². The lowest BCUT2D eigenvalue weighted by atomic mass is 10.2. The summed E-state index contributed by atoms with van der Waals surface area (Å²) in [4.78, 5) is 11.2. The Balaban J connectivity index is 2.01. The van der Waals surface area contributed by atoms with Crippen molar-refractivity contribution in [3.63, 3.8) is 0 Å². The van der Waals surface area contributed by atoms with E-state index in [1.807, 2.05) is 6.92 Å². The van der Waals surface area contributed by atoms with Crippen LogP contribution >= 0.6 is 0 Å². The fraction of sp³-hybridized carbons (Fsp3) is 0.900. The second-order valence-corrected chi connectivity index (χ2v) is 3.79. The maximum atomic E-state index is 11.2. The Hall–Kier alpha value is -0.570. The summed E-state index contributed by atoms with van der Waals surface area (Å²) in [6, 6.07) is -0.413. The highest BCUT2D eigenvalue weighted by Crippen LogP contribution is 2.32. The molecule has 0 aliphatic heterocycles. The molecule has 1 rings (SSSR count). The van der Waals surface area contributed by atoms with E-state index in [0.29, 0.717) is 6.61 Å². The van der Waals surface area contributed by atoms with Gasteiger partial charge in [0.25, 0.3) is 0 Å². The number of esters is 1. The Morgan fingerprint density at radius 2 is 2.31 bits per heavy atom. The summed E-state index contributed by atoms with van der Waals surface area (Å²) in [5.41, 5.74) is 5.59. The fourth-order valence-electron chi connectivity index (χ4n) is 1.27. The maximum absolute atomic E-state index is 11.2. The predicted octanol–water partition coefficient (Wildman–Crippen LogP) is 1.46. The Labute approximate surface area is 79.6 Å². The zero-order chi connectivity index (χ0) is 9.68. The van der Waals surface area contributed by atoms with Gasteiger partial charge >= 0.3 is 5.97 Å². The predicted molar refractivity (Wildman–Crippen MR) is 51.2 cm³/mol. The normalized spacial score (nSPS) is 18.3. The summed E-state index contributed by atoms with van der Waals surface area (Å²) >= 11 is 0. The number of rotatable bonds is 6. The van der Waals surface area contributed by atoms with E-state index in [9.17, 15) is 4.79 Å². The van der Waals surface area contributed by atoms with Crippen molar-refractivity contribution < 1.29 is 9.53 Å². The fourth-order valence-corrected chi connectivity index (χ4v) is 1.27. The van der Waals surface area contributed by atoms with Gasteiger partial charge in [-0.2, -0.15) is 0 Å². The minimum absolute atomic E-state index is 0.234. The standard InChI is InChI=1S/C10H19NO2/c1-2-3-9(11)10(12)13-7-6-8-4-5-8/h8-9H,2-7,11H2,1H3. The van der Waals surface area contributed by atoms with E-state index in [0.717, 1.165) is 25.2 Å². The molecule has 2 N–H and O–H groups in total. The van der Waals surface area contributed by atoms with Crippen LogP contribution in [-0.2, 0) is 9.53 Å². The van der Waals surface area contributed by atoms with E-state index in [1.54, 1.807) is 0 Å². The first-order chi connectivity index (χ1) is 6.24. The molecule has 76 valence electrons. The first-order valence-electron chi connectivity index (χ1n) is 5.16. The molecule has 0 aromatic heterocycles. The van der Waals surface area contributed by atoms with Crippen molar-refractivity contribution in [3.05, 3.63) is 0 Å². The molecule has 3 heteroatoms. The lowest BCUT2D eigenvalue weighted by Crippen LogP contribution is -2.32. The van der Waals surface area contributed by atoms with Crippen molar-refractivity contribution in [3.8, 4) is 0 Å². The molecule has 0 radical (unpaired) electrons. The van der Waals surface area contributed by atoms with Crippen LogP contribution in [0.3, 0.4) is 0 Å². The maximum Gasteiger partial charge on any atom is 0.322 e. The molecule has 0 aromatic carbocycles. The van der Waals surface area contributed by atoms with E-state index in [4.69, 9.17) is 10.5 Å². The molecule has 0 amide bonds. The lowest BCUT2D eigenvalue weighted by Gasteiger charge is -2.09. The summed E-state index contributed by atoms with van der Waals surface area (Å²) in [7, 11) is 0. The topological polar surface area (TPSA) is 52.3 Å². The van der Waals surface area contributed by atoms with Crippen molar-refractivity contribution in [2.45, 2.75) is 45.1 Å². The summed E-state index contributed by atoms with van der Waals surface area (Å²) in [6.07, 6.45) is 5.28. The summed E-state index contributed by atoms with van der Waals surface area (Å²) in [5.74, 6) is 0.581. The molecule has 0 bridgehead atoms. The minimum Gasteiger partial charge on any atom is -0.465 e. The molecule has 1 aliphatic rings. The number of ether oxygens (including phenoxy) is 1. The highest BCUT2D eigenvalue weighted by atomic mass is 16.5. The second kappa shape index (κ2) is 5.22. The number of carbonyl (C=O) groups is 1. The molecule has 1 saturated carbocycles. The average molecular weight is 185 g/mol. The highest BCUT2D eigenvalue weighted by Gasteiger charge is 2.22. The third kappa shape index (κ3) is 4.27. The van der Waals surface area contributed by atoms with Crippen LogP contribution in [0.5, 0.6) is 0 Å². The molecular formula is C10H19NO2. The van der Waals surface area contributed by atoms with Crippen molar-refractivity contribution in [1.29, 1.82) is 0 Å². The molecule has 13 heavy (non-hydrogen) atoms. The number of hydrogen-bond acceptors (Lipinski definition) is 3. The van der Waals surface area contributed by atoms with Crippen LogP contribution in [0.2, 0.25) is 0 Å². The van der Waals surface area contributed by atoms with Gasteiger partial charge in [0.15, 0.2) is 0 Å². The smallest absolute Gasteiger partial charge is 0.322 e. The number of nitrogens with two attached hydrogens (primary N) is 1. The van der Waals surface area contributed by atoms with Crippen LogP contribution in [0.1, 0.15) is 39.0 Å². The Morgan fingerprint density at radius 3 is 2.85 bits per heavy atom. The Morgan fingerprint density at radius 1 is 1.62 bits per heavy atom. The number of carbonyl (C=O) groups excluding carboxylic acids is 1. The summed E-state index contributed by atoms with van der Waals surface area (Å²) < 4.78 is 5.04. The van der Waals surface area contributed by atoms with Crippen LogP contribution < -0.4 is 5.73 Å². The van der Waals surface area contributed by atoms with E-state index < -0.39 is 6.04 Å². The van der Waals surface area contributed by atoms with Gasteiger partial charge < -0.3 is 10.5 Å². The quantitative estimate of drug-likeness (QED) is 0.637. The summed E-state index contributed by atoms with van der Waals surface area (Å²) in [5, 5.41) is 0. The van der Waals surface area contributed by atoms with Gasteiger partial charge in [0.05, 0.1) is 6.61 Å². The molecule has 1 aliphatic carbocycles. The van der Waals surface area contributed by atoms with E-state index in [-0.39, 0.29) is 5.97 Å². The van der Waals surface area contributed by atoms with Gasteiger partial charge in [-0.15, -0.1) is 0 Å². The van der Waals surface area contributed by atoms with Gasteiger partial charge in [0, 0.05) is 0 Å². The second-order valence-electron chi connectivity index (χ2n) is 3.79. The monoisotopic (exact) mass is 185 g/mol. The Kier molecular flexibility index (Phi) is 4.22. The third-order valence-electron chi connectivity index (χ3n) is 2.37. The van der Waals surface area contributed by atoms with Crippen LogP contribution in [0, 0.1) is 5.92 Å². The first-order valence-corrected chi connectivity index (χ1v) is 5.16. The molecule has 1 atom stereocenters. The molecule has 0 aromatic rings. The Bertz CT molecular complexity index is 166. The van der Waals surface area contributed by atoms with Gasteiger partial charge in [0.2, 0.25) is 0 Å². The van der Waals surface area contributed by atoms with Crippen molar-refractivity contribution in [1.82, 2.24) is 0 Å². The van der Waals surface area contributed by atoms with Crippen LogP contribution in [0.15, 0.2) is 0 Å². The molecular weight excluding hydrogens is 166 g/mol. The molecule has 0 heterocycles. The van der Waals surface area contributed by atoms with Gasteiger partial charge in [-0.1, -0.05) is 26.2 Å². The van der Waals surface area contributed by atoms with Crippen LogP contribution in [0.25, 0.3) is 0 Å². The zero-order valence-electron chi connectivity index (χ0n) is 8.29. The van der Waals surface area contributed by atoms with Gasteiger partial charge in [-0.3, -0.25) is 4.79 Å². The van der Waals surface area contributed by atoms with Crippen LogP contribution in [-0.4, -0.2) is 18.6 Å². The molecule has 1 unspecified atom stereocenters. The highest BCUT2D eigenvalue weighted by molar-refractivity contribution is 5.75. The summed E-state index contributed by atoms with van der Waals surface area (Å²) in [6.45, 7) is 2.57. The molecule has 1 fully saturated rings. The van der Waals surface area contributed by atoms with Crippen LogP contribution in [0.4, 0.5) is 0 Å². The molecule has 3 nitrogen and oxygen atoms in total. The van der Waals surface area contributed by atoms with Crippen molar-refractivity contribution in [2.75, 3.05) is 6.61 Å². The van der Waals surface area contributed by atoms with E-state index >= 15 is 0 Å². The van der Waals surface area contributed by atoms with E-state index in [1.165, 1.54) is 12.8 Å². The number of hydrogen-bond donors (Lipinski definition) is 1. The molecule has 0 saturated heterocycles. The lowest BCUT2D eigenvalue weighted by molar-refractivity contribution is -0.145. The van der Waals surface area contributed by atoms with Gasteiger partial charge in [0.1, 0.15) is 6.04 Å².